The topological polar surface area (TPSA) is 57.6 Å². The van der Waals surface area contributed by atoms with Gasteiger partial charge in [0.2, 0.25) is 10.0 Å². The Labute approximate surface area is 117 Å². The summed E-state index contributed by atoms with van der Waals surface area (Å²) in [5, 5.41) is 8.68. The van der Waals surface area contributed by atoms with Gasteiger partial charge in [0.1, 0.15) is 0 Å². The van der Waals surface area contributed by atoms with Crippen molar-refractivity contribution in [2.45, 2.75) is 11.1 Å². The van der Waals surface area contributed by atoms with Crippen LogP contribution in [0.3, 0.4) is 0 Å². The van der Waals surface area contributed by atoms with Crippen LogP contribution >= 0.6 is 15.9 Å². The number of sulfonamides is 1. The van der Waals surface area contributed by atoms with Crippen LogP contribution in [0, 0.1) is 0 Å². The van der Waals surface area contributed by atoms with E-state index in [1.807, 2.05) is 0 Å². The van der Waals surface area contributed by atoms with Gasteiger partial charge in [0.05, 0.1) is 17.1 Å². The molecule has 0 aliphatic rings. The third-order valence-corrected chi connectivity index (χ3v) is 4.91. The van der Waals surface area contributed by atoms with Crippen LogP contribution in [0.15, 0.2) is 27.6 Å². The maximum absolute atomic E-state index is 12.7. The second kappa shape index (κ2) is 5.78. The largest absolute Gasteiger partial charge is 0.417 e. The van der Waals surface area contributed by atoms with Crippen molar-refractivity contribution >= 4 is 26.0 Å². The van der Waals surface area contributed by atoms with Gasteiger partial charge in [-0.25, -0.2) is 8.42 Å². The summed E-state index contributed by atoms with van der Waals surface area (Å²) < 4.78 is 62.5. The molecule has 0 atom stereocenters. The SMILES string of the molecule is CN(CCO)S(=O)(=O)c1ccc(Br)c(C(F)(F)F)c1. The molecule has 0 unspecified atom stereocenters. The molecule has 19 heavy (non-hydrogen) atoms. The molecule has 0 saturated carbocycles. The van der Waals surface area contributed by atoms with Crippen molar-refractivity contribution in [2.24, 2.45) is 0 Å². The van der Waals surface area contributed by atoms with Gasteiger partial charge in [-0.15, -0.1) is 0 Å². The monoisotopic (exact) mass is 361 g/mol. The predicted octanol–water partition coefficient (Wildman–Crippen LogP) is 2.08. The number of hydrogen-bond acceptors (Lipinski definition) is 3. The van der Waals surface area contributed by atoms with Gasteiger partial charge in [-0.1, -0.05) is 15.9 Å². The molecule has 0 spiro atoms. The highest BCUT2D eigenvalue weighted by Gasteiger charge is 2.34. The lowest BCUT2D eigenvalue weighted by molar-refractivity contribution is -0.138. The zero-order chi connectivity index (χ0) is 14.8. The molecule has 108 valence electrons. The highest BCUT2D eigenvalue weighted by Crippen LogP contribution is 2.36. The van der Waals surface area contributed by atoms with Gasteiger partial charge in [0.25, 0.3) is 0 Å². The molecule has 0 amide bonds. The maximum Gasteiger partial charge on any atom is 0.417 e. The number of halogens is 4. The molecule has 0 aliphatic heterocycles. The molecule has 1 aromatic carbocycles. The van der Waals surface area contributed by atoms with Gasteiger partial charge >= 0.3 is 6.18 Å². The van der Waals surface area contributed by atoms with Crippen molar-refractivity contribution in [3.63, 3.8) is 0 Å². The first-order chi connectivity index (χ1) is 8.60. The van der Waals surface area contributed by atoms with Crippen LogP contribution < -0.4 is 0 Å². The van der Waals surface area contributed by atoms with Crippen LogP contribution in [0.25, 0.3) is 0 Å². The summed E-state index contributed by atoms with van der Waals surface area (Å²) in [5.74, 6) is 0. The maximum atomic E-state index is 12.7. The van der Waals surface area contributed by atoms with Gasteiger partial charge in [-0.2, -0.15) is 17.5 Å². The summed E-state index contributed by atoms with van der Waals surface area (Å²) in [6, 6.07) is 2.66. The standard InChI is InChI=1S/C10H11BrF3NO3S/c1-15(4-5-16)19(17,18)7-2-3-9(11)8(6-7)10(12,13)14/h2-3,6,16H,4-5H2,1H3. The highest BCUT2D eigenvalue weighted by atomic mass is 79.9. The molecule has 1 aromatic rings. The van der Waals surface area contributed by atoms with Crippen LogP contribution in [0.4, 0.5) is 13.2 Å². The summed E-state index contributed by atoms with van der Waals surface area (Å²) in [6.45, 7) is -0.613. The summed E-state index contributed by atoms with van der Waals surface area (Å²) in [7, 11) is -2.87. The van der Waals surface area contributed by atoms with Gasteiger partial charge in [0.15, 0.2) is 0 Å². The van der Waals surface area contributed by atoms with Crippen LogP contribution in [-0.2, 0) is 16.2 Å². The summed E-state index contributed by atoms with van der Waals surface area (Å²) in [5.41, 5.74) is -1.06. The molecule has 0 heterocycles. The third-order valence-electron chi connectivity index (χ3n) is 2.37. The Morgan fingerprint density at radius 3 is 2.42 bits per heavy atom. The summed E-state index contributed by atoms with van der Waals surface area (Å²) in [4.78, 5) is -0.473. The van der Waals surface area contributed by atoms with E-state index in [-0.39, 0.29) is 11.0 Å². The Morgan fingerprint density at radius 2 is 1.95 bits per heavy atom. The van der Waals surface area contributed by atoms with Crippen LogP contribution in [0.5, 0.6) is 0 Å². The molecule has 4 nitrogen and oxygen atoms in total. The van der Waals surface area contributed by atoms with E-state index in [0.717, 1.165) is 16.4 Å². The lowest BCUT2D eigenvalue weighted by atomic mass is 10.2. The number of alkyl halides is 3. The van der Waals surface area contributed by atoms with E-state index in [4.69, 9.17) is 5.11 Å². The number of likely N-dealkylation sites (N-methyl/N-ethyl adjacent to an activating group) is 1. The molecule has 0 radical (unpaired) electrons. The van der Waals surface area contributed by atoms with E-state index in [9.17, 15) is 21.6 Å². The minimum atomic E-state index is -4.65. The smallest absolute Gasteiger partial charge is 0.395 e. The lowest BCUT2D eigenvalue weighted by Crippen LogP contribution is -2.29. The van der Waals surface area contributed by atoms with Crippen molar-refractivity contribution in [3.05, 3.63) is 28.2 Å². The number of hydrogen-bond donors (Lipinski definition) is 1. The molecule has 0 saturated heterocycles. The first kappa shape index (κ1) is 16.4. The zero-order valence-electron chi connectivity index (χ0n) is 9.78. The predicted molar refractivity (Wildman–Crippen MR) is 66.0 cm³/mol. The molecule has 1 rings (SSSR count). The average molecular weight is 362 g/mol. The van der Waals surface area contributed by atoms with E-state index in [1.54, 1.807) is 0 Å². The van der Waals surface area contributed by atoms with Crippen molar-refractivity contribution < 1.29 is 26.7 Å². The molecule has 1 N–H and O–H groups in total. The fourth-order valence-corrected chi connectivity index (χ4v) is 2.98. The first-order valence-electron chi connectivity index (χ1n) is 5.04. The molecule has 0 fully saturated rings. The number of nitrogens with zero attached hydrogens (tertiary/aromatic N) is 1. The van der Waals surface area contributed by atoms with Gasteiger partial charge in [0, 0.05) is 18.1 Å². The molecule has 9 heteroatoms. The van der Waals surface area contributed by atoms with Crippen molar-refractivity contribution in [1.82, 2.24) is 4.31 Å². The van der Waals surface area contributed by atoms with E-state index >= 15 is 0 Å². The Bertz CT molecular complexity index is 560. The lowest BCUT2D eigenvalue weighted by Gasteiger charge is -2.17. The number of benzene rings is 1. The fourth-order valence-electron chi connectivity index (χ4n) is 1.32. The van der Waals surface area contributed by atoms with Gasteiger partial charge in [-0.05, 0) is 18.2 Å². The van der Waals surface area contributed by atoms with E-state index in [1.165, 1.54) is 7.05 Å². The van der Waals surface area contributed by atoms with Crippen molar-refractivity contribution in [2.75, 3.05) is 20.2 Å². The van der Waals surface area contributed by atoms with Crippen LogP contribution in [-0.4, -0.2) is 38.0 Å². The Kier molecular flexibility index (Phi) is 4.99. The van der Waals surface area contributed by atoms with E-state index in [0.29, 0.717) is 6.07 Å². The van der Waals surface area contributed by atoms with Gasteiger partial charge < -0.3 is 5.11 Å². The molecule has 0 aromatic heterocycles. The second-order valence-electron chi connectivity index (χ2n) is 3.69. The molecule has 0 bridgehead atoms. The quantitative estimate of drug-likeness (QED) is 0.893. The minimum absolute atomic E-state index is 0.195. The number of rotatable bonds is 4. The Morgan fingerprint density at radius 1 is 1.37 bits per heavy atom. The zero-order valence-corrected chi connectivity index (χ0v) is 12.2. The van der Waals surface area contributed by atoms with E-state index in [2.05, 4.69) is 15.9 Å². The Hall–Kier alpha value is -0.640. The van der Waals surface area contributed by atoms with Crippen LogP contribution in [0.2, 0.25) is 0 Å². The molecular weight excluding hydrogens is 351 g/mol. The van der Waals surface area contributed by atoms with Crippen molar-refractivity contribution in [3.8, 4) is 0 Å². The molecular formula is C10H11BrF3NO3S. The molecule has 0 aliphatic carbocycles. The summed E-state index contributed by atoms with van der Waals surface area (Å²) in [6.07, 6.45) is -4.65. The Balaban J connectivity index is 3.30. The normalized spacial score (nSPS) is 13.0. The highest BCUT2D eigenvalue weighted by molar-refractivity contribution is 9.10. The average Bonchev–Trinajstić information content (AvgIpc) is 2.28. The third kappa shape index (κ3) is 3.68. The van der Waals surface area contributed by atoms with Crippen LogP contribution in [0.1, 0.15) is 5.56 Å². The van der Waals surface area contributed by atoms with E-state index < -0.39 is 33.3 Å². The number of aliphatic hydroxyl groups excluding tert-OH is 1. The number of aliphatic hydroxyl groups is 1. The first-order valence-corrected chi connectivity index (χ1v) is 7.28. The van der Waals surface area contributed by atoms with Crippen molar-refractivity contribution in [1.29, 1.82) is 0 Å². The minimum Gasteiger partial charge on any atom is -0.395 e. The fraction of sp³-hybridized carbons (Fsp3) is 0.400. The van der Waals surface area contributed by atoms with Gasteiger partial charge in [-0.3, -0.25) is 0 Å². The summed E-state index contributed by atoms with van der Waals surface area (Å²) >= 11 is 2.73. The second-order valence-corrected chi connectivity index (χ2v) is 6.59.